The standard InChI is InChI=1S/C18H20F3N3O2S/c1-11-4-12(2)6-15(5-11)24-17(22)23-10-13-7-14(18(19,20)21)9-16(8-13)27(3,25)26/h4-9H,10H2,1-3H3,(H3,22,23,24). The molecule has 0 fully saturated rings. The molecule has 5 nitrogen and oxygen atoms in total. The van der Waals surface area contributed by atoms with Crippen LogP contribution in [0.5, 0.6) is 0 Å². The quantitative estimate of drug-likeness (QED) is 0.607. The number of halogens is 3. The van der Waals surface area contributed by atoms with E-state index in [0.29, 0.717) is 11.8 Å². The number of guanidine groups is 1. The Kier molecular flexibility index (Phi) is 5.84. The number of hydrogen-bond donors (Lipinski definition) is 2. The van der Waals surface area contributed by atoms with Crippen LogP contribution in [0.3, 0.4) is 0 Å². The zero-order valence-corrected chi connectivity index (χ0v) is 15.9. The second-order valence-corrected chi connectivity index (χ2v) is 8.35. The van der Waals surface area contributed by atoms with Crippen molar-refractivity contribution in [3.63, 3.8) is 0 Å². The summed E-state index contributed by atoms with van der Waals surface area (Å²) < 4.78 is 62.4. The molecule has 0 aliphatic carbocycles. The van der Waals surface area contributed by atoms with Gasteiger partial charge in [0.2, 0.25) is 0 Å². The second-order valence-electron chi connectivity index (χ2n) is 6.34. The van der Waals surface area contributed by atoms with Gasteiger partial charge in [0.05, 0.1) is 17.0 Å². The van der Waals surface area contributed by atoms with Gasteiger partial charge in [-0.2, -0.15) is 13.2 Å². The van der Waals surface area contributed by atoms with Crippen molar-refractivity contribution >= 4 is 21.5 Å². The summed E-state index contributed by atoms with van der Waals surface area (Å²) in [5.41, 5.74) is 7.58. The molecule has 3 N–H and O–H groups in total. The number of aliphatic imine (C=N–C) groups is 1. The first-order chi connectivity index (χ1) is 12.3. The summed E-state index contributed by atoms with van der Waals surface area (Å²) in [6, 6.07) is 8.32. The minimum Gasteiger partial charge on any atom is -0.370 e. The first kappa shape index (κ1) is 20.8. The van der Waals surface area contributed by atoms with Gasteiger partial charge in [-0.15, -0.1) is 0 Å². The minimum absolute atomic E-state index is 0.0123. The lowest BCUT2D eigenvalue weighted by atomic mass is 10.1. The maximum atomic E-state index is 13.0. The van der Waals surface area contributed by atoms with Gasteiger partial charge in [-0.25, -0.2) is 13.4 Å². The number of alkyl halides is 3. The van der Waals surface area contributed by atoms with Gasteiger partial charge in [-0.1, -0.05) is 6.07 Å². The van der Waals surface area contributed by atoms with Crippen LogP contribution < -0.4 is 11.1 Å². The van der Waals surface area contributed by atoms with Crippen LogP contribution in [-0.4, -0.2) is 20.6 Å². The molecule has 2 rings (SSSR count). The number of rotatable bonds is 4. The summed E-state index contributed by atoms with van der Waals surface area (Å²) in [7, 11) is -3.80. The molecule has 146 valence electrons. The number of benzene rings is 2. The van der Waals surface area contributed by atoms with Crippen molar-refractivity contribution < 1.29 is 21.6 Å². The van der Waals surface area contributed by atoms with E-state index in [4.69, 9.17) is 5.73 Å². The number of anilines is 1. The highest BCUT2D eigenvalue weighted by Crippen LogP contribution is 2.32. The van der Waals surface area contributed by atoms with E-state index in [-0.39, 0.29) is 18.1 Å². The normalized spacial score (nSPS) is 12.9. The zero-order valence-electron chi connectivity index (χ0n) is 15.1. The van der Waals surface area contributed by atoms with E-state index in [0.717, 1.165) is 29.5 Å². The molecule has 0 heterocycles. The largest absolute Gasteiger partial charge is 0.416 e. The number of nitrogens with two attached hydrogens (primary N) is 1. The van der Waals surface area contributed by atoms with Crippen molar-refractivity contribution in [1.82, 2.24) is 0 Å². The van der Waals surface area contributed by atoms with E-state index < -0.39 is 26.5 Å². The van der Waals surface area contributed by atoms with Gasteiger partial charge in [0.1, 0.15) is 0 Å². The molecule has 0 unspecified atom stereocenters. The highest BCUT2D eigenvalue weighted by atomic mass is 32.2. The minimum atomic E-state index is -4.66. The van der Waals surface area contributed by atoms with Crippen LogP contribution in [0.15, 0.2) is 46.3 Å². The van der Waals surface area contributed by atoms with Gasteiger partial charge >= 0.3 is 6.18 Å². The third kappa shape index (κ3) is 5.99. The smallest absolute Gasteiger partial charge is 0.370 e. The van der Waals surface area contributed by atoms with Gasteiger partial charge in [0, 0.05) is 11.9 Å². The summed E-state index contributed by atoms with van der Waals surface area (Å²) in [6.07, 6.45) is -3.81. The predicted octanol–water partition coefficient (Wildman–Crippen LogP) is 3.65. The molecule has 0 radical (unpaired) electrons. The molecular formula is C18H20F3N3O2S. The van der Waals surface area contributed by atoms with Crippen molar-refractivity contribution in [2.45, 2.75) is 31.5 Å². The van der Waals surface area contributed by atoms with Crippen molar-refractivity contribution in [3.8, 4) is 0 Å². The van der Waals surface area contributed by atoms with Crippen LogP contribution in [0.25, 0.3) is 0 Å². The van der Waals surface area contributed by atoms with Crippen molar-refractivity contribution in [2.24, 2.45) is 10.7 Å². The van der Waals surface area contributed by atoms with E-state index in [9.17, 15) is 21.6 Å². The van der Waals surface area contributed by atoms with E-state index in [1.807, 2.05) is 32.0 Å². The van der Waals surface area contributed by atoms with E-state index in [1.54, 1.807) is 0 Å². The van der Waals surface area contributed by atoms with Crippen LogP contribution in [0.1, 0.15) is 22.3 Å². The molecule has 0 aliphatic heterocycles. The van der Waals surface area contributed by atoms with E-state index in [2.05, 4.69) is 10.3 Å². The number of sulfone groups is 1. The number of aryl methyl sites for hydroxylation is 2. The number of nitrogens with zero attached hydrogens (tertiary/aromatic N) is 1. The van der Waals surface area contributed by atoms with Gasteiger partial charge in [-0.05, 0) is 60.9 Å². The molecule has 0 saturated heterocycles. The SMILES string of the molecule is Cc1cc(C)cc(NC(N)=NCc2cc(C(F)(F)F)cc(S(C)(=O)=O)c2)c1. The maximum absolute atomic E-state index is 13.0. The molecule has 2 aromatic rings. The predicted molar refractivity (Wildman–Crippen MR) is 99.4 cm³/mol. The lowest BCUT2D eigenvalue weighted by Crippen LogP contribution is -2.22. The molecule has 0 aliphatic rings. The van der Waals surface area contributed by atoms with Crippen molar-refractivity contribution in [3.05, 3.63) is 58.7 Å². The third-order valence-electron chi connectivity index (χ3n) is 3.65. The molecule has 0 amide bonds. The Morgan fingerprint density at radius 2 is 1.67 bits per heavy atom. The molecular weight excluding hydrogens is 379 g/mol. The summed E-state index contributed by atoms with van der Waals surface area (Å²) in [5.74, 6) is 0.0123. The van der Waals surface area contributed by atoms with Crippen LogP contribution in [0, 0.1) is 13.8 Å². The fourth-order valence-electron chi connectivity index (χ4n) is 2.54. The Balaban J connectivity index is 2.28. The second kappa shape index (κ2) is 7.59. The molecule has 0 atom stereocenters. The molecule has 0 spiro atoms. The Bertz CT molecular complexity index is 964. The highest BCUT2D eigenvalue weighted by Gasteiger charge is 2.32. The molecule has 0 bridgehead atoms. The molecule has 0 saturated carbocycles. The maximum Gasteiger partial charge on any atom is 0.416 e. The summed E-state index contributed by atoms with van der Waals surface area (Å²) in [5, 5.41) is 2.87. The van der Waals surface area contributed by atoms with Gasteiger partial charge in [0.25, 0.3) is 0 Å². The Morgan fingerprint density at radius 3 is 2.19 bits per heavy atom. The molecule has 9 heteroatoms. The lowest BCUT2D eigenvalue weighted by molar-refractivity contribution is -0.137. The van der Waals surface area contributed by atoms with Crippen molar-refractivity contribution in [2.75, 3.05) is 11.6 Å². The van der Waals surface area contributed by atoms with Crippen molar-refractivity contribution in [1.29, 1.82) is 0 Å². The van der Waals surface area contributed by atoms with Gasteiger partial charge in [-0.3, -0.25) is 0 Å². The Labute approximate surface area is 156 Å². The first-order valence-electron chi connectivity index (χ1n) is 7.91. The van der Waals surface area contributed by atoms with Crippen LogP contribution in [0.4, 0.5) is 18.9 Å². The molecule has 27 heavy (non-hydrogen) atoms. The highest BCUT2D eigenvalue weighted by molar-refractivity contribution is 7.90. The molecule has 0 aromatic heterocycles. The average molecular weight is 399 g/mol. The summed E-state index contributed by atoms with van der Waals surface area (Å²) in [4.78, 5) is 3.60. The van der Waals surface area contributed by atoms with Gasteiger partial charge < -0.3 is 11.1 Å². The fraction of sp³-hybridized carbons (Fsp3) is 0.278. The summed E-state index contributed by atoms with van der Waals surface area (Å²) in [6.45, 7) is 3.64. The van der Waals surface area contributed by atoms with E-state index in [1.165, 1.54) is 0 Å². The van der Waals surface area contributed by atoms with Crippen LogP contribution in [0.2, 0.25) is 0 Å². The molecule has 2 aromatic carbocycles. The fourth-order valence-corrected chi connectivity index (χ4v) is 3.25. The monoisotopic (exact) mass is 399 g/mol. The number of hydrogen-bond acceptors (Lipinski definition) is 3. The lowest BCUT2D eigenvalue weighted by Gasteiger charge is -2.11. The average Bonchev–Trinajstić information content (AvgIpc) is 2.50. The Morgan fingerprint density at radius 1 is 1.07 bits per heavy atom. The Hall–Kier alpha value is -2.55. The third-order valence-corrected chi connectivity index (χ3v) is 4.74. The summed E-state index contributed by atoms with van der Waals surface area (Å²) >= 11 is 0. The van der Waals surface area contributed by atoms with Crippen LogP contribution in [-0.2, 0) is 22.6 Å². The van der Waals surface area contributed by atoms with Crippen LogP contribution >= 0.6 is 0 Å². The number of nitrogens with one attached hydrogen (secondary N) is 1. The van der Waals surface area contributed by atoms with Gasteiger partial charge in [0.15, 0.2) is 15.8 Å². The topological polar surface area (TPSA) is 84.5 Å². The first-order valence-corrected chi connectivity index (χ1v) is 9.80. The van der Waals surface area contributed by atoms with E-state index >= 15 is 0 Å². The zero-order chi connectivity index (χ0) is 20.4.